The summed E-state index contributed by atoms with van der Waals surface area (Å²) in [6.45, 7) is 3.54. The van der Waals surface area contributed by atoms with Crippen LogP contribution >= 0.6 is 0 Å². The summed E-state index contributed by atoms with van der Waals surface area (Å²) in [5.41, 5.74) is 1.03. The van der Waals surface area contributed by atoms with Crippen LogP contribution < -0.4 is 10.6 Å². The summed E-state index contributed by atoms with van der Waals surface area (Å²) in [5.74, 6) is 0.0506. The lowest BCUT2D eigenvalue weighted by atomic mass is 10.1. The van der Waals surface area contributed by atoms with Gasteiger partial charge in [-0.1, -0.05) is 11.7 Å². The third kappa shape index (κ3) is 5.03. The number of amides is 1. The molecule has 0 atom stereocenters. The number of methoxy groups -OCH3 is 1. The number of alkyl halides is 3. The first-order valence-corrected chi connectivity index (χ1v) is 8.64. The number of ether oxygens (including phenoxy) is 1. The van der Waals surface area contributed by atoms with Crippen molar-refractivity contribution in [2.75, 3.05) is 17.7 Å². The molecule has 0 aliphatic rings. The van der Waals surface area contributed by atoms with Gasteiger partial charge in [0.2, 0.25) is 5.91 Å². The number of hydrogen-bond donors (Lipinski definition) is 2. The molecule has 0 radical (unpaired) electrons. The molecule has 2 N–H and O–H groups in total. The zero-order valence-electron chi connectivity index (χ0n) is 15.8. The van der Waals surface area contributed by atoms with Crippen LogP contribution in [-0.4, -0.2) is 23.2 Å². The highest BCUT2D eigenvalue weighted by atomic mass is 19.4. The molecule has 0 fully saturated rings. The molecule has 0 saturated heterocycles. The SMILES string of the molecule is C=CC(=O)Nc1ccc(Nc2ccc(C(F)(F)F)cc2)c(-c2nc(COC)no2)c1. The molecule has 0 aliphatic carbocycles. The molecular formula is C20H17F3N4O3. The maximum absolute atomic E-state index is 12.8. The molecule has 1 amide bonds. The van der Waals surface area contributed by atoms with E-state index in [0.717, 1.165) is 18.2 Å². The third-order valence-corrected chi connectivity index (χ3v) is 3.94. The average molecular weight is 418 g/mol. The monoisotopic (exact) mass is 418 g/mol. The van der Waals surface area contributed by atoms with Crippen LogP contribution in [0.2, 0.25) is 0 Å². The van der Waals surface area contributed by atoms with Gasteiger partial charge in [0, 0.05) is 18.5 Å². The molecule has 156 valence electrons. The van der Waals surface area contributed by atoms with Gasteiger partial charge in [-0.15, -0.1) is 0 Å². The molecule has 10 heteroatoms. The fraction of sp³-hybridized carbons (Fsp3) is 0.150. The van der Waals surface area contributed by atoms with Crippen molar-refractivity contribution in [3.05, 3.63) is 66.5 Å². The molecule has 0 unspecified atom stereocenters. The van der Waals surface area contributed by atoms with Gasteiger partial charge in [0.15, 0.2) is 5.82 Å². The van der Waals surface area contributed by atoms with Crippen molar-refractivity contribution < 1.29 is 27.2 Å². The summed E-state index contributed by atoms with van der Waals surface area (Å²) >= 11 is 0. The van der Waals surface area contributed by atoms with E-state index in [1.807, 2.05) is 0 Å². The number of rotatable bonds is 7. The smallest absolute Gasteiger partial charge is 0.377 e. The van der Waals surface area contributed by atoms with Gasteiger partial charge < -0.3 is 19.9 Å². The number of carbonyl (C=O) groups is 1. The zero-order chi connectivity index (χ0) is 21.7. The Morgan fingerprint density at radius 1 is 1.20 bits per heavy atom. The molecule has 3 rings (SSSR count). The predicted molar refractivity (Wildman–Crippen MR) is 104 cm³/mol. The van der Waals surface area contributed by atoms with Crippen LogP contribution in [0.3, 0.4) is 0 Å². The van der Waals surface area contributed by atoms with Crippen molar-refractivity contribution in [2.45, 2.75) is 12.8 Å². The largest absolute Gasteiger partial charge is 0.416 e. The van der Waals surface area contributed by atoms with Crippen LogP contribution in [0.5, 0.6) is 0 Å². The summed E-state index contributed by atoms with van der Waals surface area (Å²) in [6.07, 6.45) is -3.30. The van der Waals surface area contributed by atoms with E-state index in [9.17, 15) is 18.0 Å². The normalized spacial score (nSPS) is 11.2. The number of hydrogen-bond acceptors (Lipinski definition) is 6. The van der Waals surface area contributed by atoms with E-state index in [4.69, 9.17) is 9.26 Å². The van der Waals surface area contributed by atoms with Gasteiger partial charge in [-0.05, 0) is 48.5 Å². The molecule has 0 aliphatic heterocycles. The topological polar surface area (TPSA) is 89.3 Å². The molecule has 1 aromatic heterocycles. The number of nitrogens with one attached hydrogen (secondary N) is 2. The number of benzene rings is 2. The first-order valence-electron chi connectivity index (χ1n) is 8.64. The second-order valence-electron chi connectivity index (χ2n) is 6.10. The number of aromatic nitrogens is 2. The Balaban J connectivity index is 1.95. The number of halogens is 3. The van der Waals surface area contributed by atoms with Gasteiger partial charge in [-0.2, -0.15) is 18.2 Å². The van der Waals surface area contributed by atoms with Gasteiger partial charge in [-0.25, -0.2) is 0 Å². The zero-order valence-corrected chi connectivity index (χ0v) is 15.8. The first kappa shape index (κ1) is 21.1. The molecule has 2 aromatic carbocycles. The van der Waals surface area contributed by atoms with E-state index >= 15 is 0 Å². The van der Waals surface area contributed by atoms with Gasteiger partial charge in [0.1, 0.15) is 6.61 Å². The van der Waals surface area contributed by atoms with Crippen LogP contribution in [0.1, 0.15) is 11.4 Å². The van der Waals surface area contributed by atoms with E-state index in [0.29, 0.717) is 28.5 Å². The highest BCUT2D eigenvalue weighted by molar-refractivity contribution is 5.99. The lowest BCUT2D eigenvalue weighted by Crippen LogP contribution is -2.07. The van der Waals surface area contributed by atoms with E-state index in [2.05, 4.69) is 27.4 Å². The van der Waals surface area contributed by atoms with Crippen LogP contribution in [0.25, 0.3) is 11.5 Å². The van der Waals surface area contributed by atoms with E-state index in [1.165, 1.54) is 19.2 Å². The summed E-state index contributed by atoms with van der Waals surface area (Å²) in [6, 6.07) is 9.41. The number of nitrogens with zero attached hydrogens (tertiary/aromatic N) is 2. The van der Waals surface area contributed by atoms with Gasteiger partial charge in [0.25, 0.3) is 5.89 Å². The average Bonchev–Trinajstić information content (AvgIpc) is 3.17. The summed E-state index contributed by atoms with van der Waals surface area (Å²) in [5, 5.41) is 9.46. The van der Waals surface area contributed by atoms with Gasteiger partial charge in [0.05, 0.1) is 16.8 Å². The fourth-order valence-corrected chi connectivity index (χ4v) is 2.55. The lowest BCUT2D eigenvalue weighted by molar-refractivity contribution is -0.137. The maximum atomic E-state index is 12.8. The van der Waals surface area contributed by atoms with Crippen LogP contribution in [-0.2, 0) is 22.3 Å². The maximum Gasteiger partial charge on any atom is 0.416 e. The van der Waals surface area contributed by atoms with E-state index in [-0.39, 0.29) is 12.5 Å². The Bertz CT molecular complexity index is 1050. The van der Waals surface area contributed by atoms with E-state index in [1.54, 1.807) is 18.2 Å². The predicted octanol–water partition coefficient (Wildman–Crippen LogP) is 4.77. The van der Waals surface area contributed by atoms with Crippen molar-refractivity contribution in [1.82, 2.24) is 10.1 Å². The Morgan fingerprint density at radius 2 is 1.90 bits per heavy atom. The summed E-state index contributed by atoms with van der Waals surface area (Å²) in [4.78, 5) is 15.8. The van der Waals surface area contributed by atoms with Gasteiger partial charge >= 0.3 is 6.18 Å². The molecule has 0 spiro atoms. The molecular weight excluding hydrogens is 401 g/mol. The molecule has 0 saturated carbocycles. The second-order valence-corrected chi connectivity index (χ2v) is 6.10. The lowest BCUT2D eigenvalue weighted by Gasteiger charge is -2.13. The highest BCUT2D eigenvalue weighted by Crippen LogP contribution is 2.34. The molecule has 3 aromatic rings. The van der Waals surface area contributed by atoms with Gasteiger partial charge in [-0.3, -0.25) is 4.79 Å². The minimum absolute atomic E-state index is 0.137. The second kappa shape index (κ2) is 8.78. The Hall–Kier alpha value is -3.66. The third-order valence-electron chi connectivity index (χ3n) is 3.94. The van der Waals surface area contributed by atoms with Crippen LogP contribution in [0, 0.1) is 0 Å². The number of anilines is 3. The van der Waals surface area contributed by atoms with Crippen molar-refractivity contribution in [3.63, 3.8) is 0 Å². The quantitative estimate of drug-likeness (QED) is 0.538. The minimum atomic E-state index is -4.42. The number of carbonyl (C=O) groups excluding carboxylic acids is 1. The Morgan fingerprint density at radius 3 is 2.53 bits per heavy atom. The fourth-order valence-electron chi connectivity index (χ4n) is 2.55. The van der Waals surface area contributed by atoms with Crippen molar-refractivity contribution in [3.8, 4) is 11.5 Å². The first-order chi connectivity index (χ1) is 14.3. The molecule has 1 heterocycles. The Kier molecular flexibility index (Phi) is 6.17. The van der Waals surface area contributed by atoms with Crippen LogP contribution in [0.15, 0.2) is 59.6 Å². The molecule has 0 bridgehead atoms. The summed E-state index contributed by atoms with van der Waals surface area (Å²) in [7, 11) is 1.49. The van der Waals surface area contributed by atoms with Crippen molar-refractivity contribution in [2.24, 2.45) is 0 Å². The molecule has 7 nitrogen and oxygen atoms in total. The van der Waals surface area contributed by atoms with Crippen LogP contribution in [0.4, 0.5) is 30.2 Å². The van der Waals surface area contributed by atoms with Crippen molar-refractivity contribution >= 4 is 23.0 Å². The molecule has 30 heavy (non-hydrogen) atoms. The van der Waals surface area contributed by atoms with E-state index < -0.39 is 17.6 Å². The minimum Gasteiger partial charge on any atom is -0.377 e. The summed E-state index contributed by atoms with van der Waals surface area (Å²) < 4.78 is 48.6. The standard InChI is InChI=1S/C20H17F3N4O3/c1-3-18(28)25-14-8-9-16(15(10-14)19-26-17(11-29-2)27-30-19)24-13-6-4-12(5-7-13)20(21,22)23/h3-10,24H,1,11H2,2H3,(H,25,28). The highest BCUT2D eigenvalue weighted by Gasteiger charge is 2.30. The Labute approximate surface area is 169 Å². The van der Waals surface area contributed by atoms with Crippen molar-refractivity contribution in [1.29, 1.82) is 0 Å².